The van der Waals surface area contributed by atoms with Gasteiger partial charge in [-0.05, 0) is 67.4 Å². The number of methoxy groups -OCH3 is 3. The smallest absolute Gasteiger partial charge is 0.338 e. The Morgan fingerprint density at radius 2 is 1.76 bits per heavy atom. The predicted octanol–water partition coefficient (Wildman–Crippen LogP) is 4.10. The topological polar surface area (TPSA) is 135 Å². The highest BCUT2D eigenvalue weighted by molar-refractivity contribution is 7.07. The van der Waals surface area contributed by atoms with Gasteiger partial charge in [0.15, 0.2) is 16.3 Å². The molecule has 5 rings (SSSR count). The number of allylic oxidation sites excluding steroid dienone is 1. The van der Waals surface area contributed by atoms with E-state index in [9.17, 15) is 19.5 Å². The number of carbonyl (C=O) groups excluding carboxylic acids is 1. The molecule has 11 nitrogen and oxygen atoms in total. The highest BCUT2D eigenvalue weighted by Crippen LogP contribution is 2.37. The molecule has 0 radical (unpaired) electrons. The first-order valence-electron chi connectivity index (χ1n) is 14.2. The quantitative estimate of drug-likeness (QED) is 0.240. The number of aromatic carboxylic acids is 1. The second-order valence-electron chi connectivity index (χ2n) is 10.1. The minimum Gasteiger partial charge on any atom is -0.497 e. The molecule has 12 heteroatoms. The normalized spacial score (nSPS) is 14.3. The molecule has 0 spiro atoms. The number of hydrogen-bond donors (Lipinski definition) is 1. The number of benzene rings is 3. The summed E-state index contributed by atoms with van der Waals surface area (Å²) in [6.45, 7) is 3.72. The minimum atomic E-state index is -1.02. The fourth-order valence-corrected chi connectivity index (χ4v) is 6.18. The number of carboxylic acids is 1. The van der Waals surface area contributed by atoms with Crippen molar-refractivity contribution in [2.75, 3.05) is 27.9 Å². The Labute approximate surface area is 268 Å². The Morgan fingerprint density at radius 1 is 0.978 bits per heavy atom. The van der Waals surface area contributed by atoms with Crippen molar-refractivity contribution >= 4 is 29.4 Å². The molecule has 1 aliphatic heterocycles. The minimum absolute atomic E-state index is 0.131. The average molecular weight is 645 g/mol. The predicted molar refractivity (Wildman–Crippen MR) is 171 cm³/mol. The van der Waals surface area contributed by atoms with Crippen molar-refractivity contribution in [1.82, 2.24) is 4.57 Å². The van der Waals surface area contributed by atoms with Crippen LogP contribution in [-0.4, -0.2) is 49.5 Å². The summed E-state index contributed by atoms with van der Waals surface area (Å²) in [5.41, 5.74) is 2.42. The molecular formula is C34H32N2O9S. The van der Waals surface area contributed by atoms with E-state index in [4.69, 9.17) is 23.7 Å². The van der Waals surface area contributed by atoms with Crippen LogP contribution in [0.15, 0.2) is 81.7 Å². The van der Waals surface area contributed by atoms with Crippen molar-refractivity contribution < 1.29 is 38.4 Å². The number of carboxylic acid groups (broad SMARTS) is 1. The third-order valence-electron chi connectivity index (χ3n) is 7.31. The molecule has 0 fully saturated rings. The summed E-state index contributed by atoms with van der Waals surface area (Å²) in [7, 11) is 4.56. The first-order valence-corrected chi connectivity index (χ1v) is 15.0. The number of nitrogens with zero attached hydrogens (tertiary/aromatic N) is 2. The summed E-state index contributed by atoms with van der Waals surface area (Å²) in [4.78, 5) is 43.7. The first kappa shape index (κ1) is 32.0. The maximum absolute atomic E-state index is 14.1. The van der Waals surface area contributed by atoms with E-state index in [0.29, 0.717) is 54.7 Å². The fraction of sp³-hybridized carbons (Fsp3) is 0.235. The van der Waals surface area contributed by atoms with Gasteiger partial charge in [0, 0.05) is 11.6 Å². The number of rotatable bonds is 11. The number of aromatic nitrogens is 1. The second-order valence-corrected chi connectivity index (χ2v) is 11.1. The van der Waals surface area contributed by atoms with Gasteiger partial charge in [0.25, 0.3) is 5.56 Å². The molecule has 1 aliphatic rings. The highest BCUT2D eigenvalue weighted by Gasteiger charge is 2.35. The Kier molecular flexibility index (Phi) is 9.57. The standard InChI is InChI=1S/C34H32N2O9S/c1-6-44-33(40)29-19(2)35-34-36(30(29)24-12-11-23(41-3)17-26(24)42-4)31(37)28(46-34)16-20-10-13-25(27(15-20)43-5)45-18-21-8-7-9-22(14-21)32(38)39/h7-17,30H,6,18H2,1-5H3,(H,38,39)/b28-16-/t30-/m1/s1. The third kappa shape index (κ3) is 6.38. The van der Waals surface area contributed by atoms with Gasteiger partial charge in [0.05, 0.1) is 49.3 Å². The summed E-state index contributed by atoms with van der Waals surface area (Å²) < 4.78 is 29.8. The monoisotopic (exact) mass is 644 g/mol. The maximum atomic E-state index is 14.1. The van der Waals surface area contributed by atoms with Crippen molar-refractivity contribution in [3.63, 3.8) is 0 Å². The van der Waals surface area contributed by atoms with Crippen molar-refractivity contribution in [2.45, 2.75) is 26.5 Å². The highest BCUT2D eigenvalue weighted by atomic mass is 32.1. The van der Waals surface area contributed by atoms with Gasteiger partial charge in [0.1, 0.15) is 24.1 Å². The molecule has 2 heterocycles. The maximum Gasteiger partial charge on any atom is 0.338 e. The van der Waals surface area contributed by atoms with Crippen LogP contribution in [0.1, 0.15) is 46.9 Å². The molecule has 3 aromatic carbocycles. The number of esters is 1. The van der Waals surface area contributed by atoms with Crippen molar-refractivity contribution in [3.8, 4) is 23.0 Å². The Hall–Kier alpha value is -5.36. The Morgan fingerprint density at radius 3 is 2.46 bits per heavy atom. The van der Waals surface area contributed by atoms with E-state index in [1.54, 1.807) is 81.6 Å². The average Bonchev–Trinajstić information content (AvgIpc) is 3.36. The van der Waals surface area contributed by atoms with Gasteiger partial charge in [-0.15, -0.1) is 0 Å². The van der Waals surface area contributed by atoms with E-state index in [0.717, 1.165) is 0 Å². The van der Waals surface area contributed by atoms with Crippen LogP contribution in [-0.2, 0) is 16.1 Å². The Bertz CT molecular complexity index is 2030. The molecule has 0 unspecified atom stereocenters. The molecule has 46 heavy (non-hydrogen) atoms. The number of carbonyl (C=O) groups is 2. The van der Waals surface area contributed by atoms with E-state index >= 15 is 0 Å². The summed E-state index contributed by atoms with van der Waals surface area (Å²) in [5.74, 6) is 0.277. The summed E-state index contributed by atoms with van der Waals surface area (Å²) in [6.07, 6.45) is 1.72. The molecule has 1 N–H and O–H groups in total. The van der Waals surface area contributed by atoms with Gasteiger partial charge in [0.2, 0.25) is 0 Å². The Balaban J connectivity index is 1.55. The number of hydrogen-bond acceptors (Lipinski definition) is 10. The second kappa shape index (κ2) is 13.7. The molecule has 0 bridgehead atoms. The van der Waals surface area contributed by atoms with Crippen LogP contribution >= 0.6 is 11.3 Å². The molecule has 0 saturated carbocycles. The van der Waals surface area contributed by atoms with Crippen LogP contribution in [0.2, 0.25) is 0 Å². The van der Waals surface area contributed by atoms with Crippen molar-refractivity contribution in [2.24, 2.45) is 4.99 Å². The van der Waals surface area contributed by atoms with Gasteiger partial charge in [-0.1, -0.05) is 29.5 Å². The number of fused-ring (bicyclic) bond motifs is 1. The molecular weight excluding hydrogens is 612 g/mol. The lowest BCUT2D eigenvalue weighted by Crippen LogP contribution is -2.40. The van der Waals surface area contributed by atoms with Crippen LogP contribution in [0.5, 0.6) is 23.0 Å². The zero-order valence-electron chi connectivity index (χ0n) is 25.9. The van der Waals surface area contributed by atoms with E-state index in [-0.39, 0.29) is 29.9 Å². The first-order chi connectivity index (χ1) is 22.2. The van der Waals surface area contributed by atoms with Crippen LogP contribution in [0.4, 0.5) is 0 Å². The SMILES string of the molecule is CCOC(=O)C1=C(C)N=c2s/c(=C\c3ccc(OCc4cccc(C(=O)O)c4)c(OC)c3)c(=O)n2[C@@H]1c1ccc(OC)cc1OC. The van der Waals surface area contributed by atoms with Crippen LogP contribution < -0.4 is 33.8 Å². The lowest BCUT2D eigenvalue weighted by Gasteiger charge is -2.26. The number of thiazole rings is 1. The van der Waals surface area contributed by atoms with E-state index < -0.39 is 18.0 Å². The fourth-order valence-electron chi connectivity index (χ4n) is 5.13. The molecule has 0 saturated heterocycles. The molecule has 1 atom stereocenters. The zero-order chi connectivity index (χ0) is 33.0. The van der Waals surface area contributed by atoms with Crippen LogP contribution in [0, 0.1) is 0 Å². The van der Waals surface area contributed by atoms with Crippen LogP contribution in [0.25, 0.3) is 6.08 Å². The summed E-state index contributed by atoms with van der Waals surface area (Å²) in [6, 6.07) is 16.1. The molecule has 4 aromatic rings. The van der Waals surface area contributed by atoms with Crippen LogP contribution in [0.3, 0.4) is 0 Å². The summed E-state index contributed by atoms with van der Waals surface area (Å²) in [5, 5.41) is 9.26. The van der Waals surface area contributed by atoms with E-state index in [2.05, 4.69) is 4.99 Å². The van der Waals surface area contributed by atoms with Crippen molar-refractivity contribution in [3.05, 3.63) is 114 Å². The van der Waals surface area contributed by atoms with Gasteiger partial charge in [-0.2, -0.15) is 0 Å². The van der Waals surface area contributed by atoms with Gasteiger partial charge in [-0.25, -0.2) is 14.6 Å². The zero-order valence-corrected chi connectivity index (χ0v) is 26.7. The van der Waals surface area contributed by atoms with Gasteiger partial charge in [-0.3, -0.25) is 9.36 Å². The van der Waals surface area contributed by atoms with Gasteiger partial charge < -0.3 is 28.8 Å². The lowest BCUT2D eigenvalue weighted by atomic mass is 9.95. The summed E-state index contributed by atoms with van der Waals surface area (Å²) >= 11 is 1.19. The molecule has 0 aliphatic carbocycles. The molecule has 238 valence electrons. The third-order valence-corrected chi connectivity index (χ3v) is 8.29. The lowest BCUT2D eigenvalue weighted by molar-refractivity contribution is -0.139. The van der Waals surface area contributed by atoms with Crippen molar-refractivity contribution in [1.29, 1.82) is 0 Å². The number of ether oxygens (including phenoxy) is 5. The van der Waals surface area contributed by atoms with Gasteiger partial charge >= 0.3 is 11.9 Å². The molecule has 1 aromatic heterocycles. The van der Waals surface area contributed by atoms with E-state index in [1.807, 2.05) is 0 Å². The largest absolute Gasteiger partial charge is 0.497 e. The van der Waals surface area contributed by atoms with E-state index in [1.165, 1.54) is 36.2 Å². The molecule has 0 amide bonds.